The molecular weight excluding hydrogens is 238 g/mol. The van der Waals surface area contributed by atoms with Gasteiger partial charge in [0.1, 0.15) is 0 Å². The van der Waals surface area contributed by atoms with E-state index in [1.807, 2.05) is 10.9 Å². The van der Waals surface area contributed by atoms with E-state index in [4.69, 9.17) is 0 Å². The third kappa shape index (κ3) is 2.98. The van der Waals surface area contributed by atoms with Crippen LogP contribution in [0.25, 0.3) is 0 Å². The van der Waals surface area contributed by atoms with Crippen LogP contribution in [0.3, 0.4) is 0 Å². The van der Waals surface area contributed by atoms with Crippen molar-refractivity contribution in [3.63, 3.8) is 0 Å². The Hall–Kier alpha value is -0.940. The predicted molar refractivity (Wildman–Crippen MR) is 75.0 cm³/mol. The van der Waals surface area contributed by atoms with Gasteiger partial charge in [-0.1, -0.05) is 12.1 Å². The van der Waals surface area contributed by atoms with Gasteiger partial charge in [-0.25, -0.2) is 4.68 Å². The van der Waals surface area contributed by atoms with Gasteiger partial charge in [0.15, 0.2) is 0 Å². The highest BCUT2D eigenvalue weighted by Crippen LogP contribution is 2.25. The SMILES string of the molecule is CCN1CCC(N2CCC(n3ccnn3)CC2)CC1. The lowest BCUT2D eigenvalue weighted by Gasteiger charge is -2.41. The Labute approximate surface area is 115 Å². The molecule has 0 aliphatic carbocycles. The molecule has 19 heavy (non-hydrogen) atoms. The second-order valence-corrected chi connectivity index (χ2v) is 5.82. The first kappa shape index (κ1) is 13.1. The molecule has 2 aliphatic heterocycles. The van der Waals surface area contributed by atoms with E-state index in [2.05, 4.69) is 27.0 Å². The number of rotatable bonds is 3. The molecule has 5 nitrogen and oxygen atoms in total. The van der Waals surface area contributed by atoms with Gasteiger partial charge in [-0.15, -0.1) is 5.10 Å². The minimum Gasteiger partial charge on any atom is -0.303 e. The molecule has 0 N–H and O–H groups in total. The van der Waals surface area contributed by atoms with Crippen molar-refractivity contribution < 1.29 is 0 Å². The first-order valence-electron chi connectivity index (χ1n) is 7.69. The summed E-state index contributed by atoms with van der Waals surface area (Å²) in [6, 6.07) is 1.38. The molecule has 5 heteroatoms. The number of piperidine rings is 2. The molecule has 106 valence electrons. The number of nitrogens with zero attached hydrogens (tertiary/aromatic N) is 5. The summed E-state index contributed by atoms with van der Waals surface area (Å²) >= 11 is 0. The fourth-order valence-electron chi connectivity index (χ4n) is 3.53. The Kier molecular flexibility index (Phi) is 4.13. The van der Waals surface area contributed by atoms with Gasteiger partial charge in [-0.3, -0.25) is 0 Å². The minimum atomic E-state index is 0.564. The van der Waals surface area contributed by atoms with Crippen LogP contribution in [-0.2, 0) is 0 Å². The van der Waals surface area contributed by atoms with Crippen molar-refractivity contribution >= 4 is 0 Å². The number of hydrogen-bond acceptors (Lipinski definition) is 4. The normalized spacial score (nSPS) is 24.9. The summed E-state index contributed by atoms with van der Waals surface area (Å²) in [5.41, 5.74) is 0. The van der Waals surface area contributed by atoms with Crippen molar-refractivity contribution in [1.29, 1.82) is 0 Å². The summed E-state index contributed by atoms with van der Waals surface area (Å²) in [6.45, 7) is 8.49. The van der Waals surface area contributed by atoms with E-state index in [0.717, 1.165) is 6.04 Å². The third-order valence-corrected chi connectivity index (χ3v) is 4.83. The minimum absolute atomic E-state index is 0.564. The van der Waals surface area contributed by atoms with E-state index in [9.17, 15) is 0 Å². The molecule has 0 spiro atoms. The fraction of sp³-hybridized carbons (Fsp3) is 0.857. The average Bonchev–Trinajstić information content (AvgIpc) is 3.02. The highest BCUT2D eigenvalue weighted by molar-refractivity contribution is 4.85. The maximum atomic E-state index is 4.14. The van der Waals surface area contributed by atoms with E-state index in [-0.39, 0.29) is 0 Å². The van der Waals surface area contributed by atoms with Gasteiger partial charge in [0.2, 0.25) is 0 Å². The van der Waals surface area contributed by atoms with Gasteiger partial charge in [0, 0.05) is 25.3 Å². The van der Waals surface area contributed by atoms with Crippen LogP contribution in [-0.4, -0.2) is 63.6 Å². The molecule has 1 aromatic rings. The van der Waals surface area contributed by atoms with Crippen LogP contribution in [0.2, 0.25) is 0 Å². The molecule has 1 aromatic heterocycles. The van der Waals surface area contributed by atoms with E-state index < -0.39 is 0 Å². The predicted octanol–water partition coefficient (Wildman–Crippen LogP) is 1.40. The van der Waals surface area contributed by atoms with Crippen molar-refractivity contribution in [2.24, 2.45) is 0 Å². The van der Waals surface area contributed by atoms with Crippen LogP contribution in [0.15, 0.2) is 12.4 Å². The van der Waals surface area contributed by atoms with Gasteiger partial charge >= 0.3 is 0 Å². The molecule has 0 saturated carbocycles. The fourth-order valence-corrected chi connectivity index (χ4v) is 3.53. The van der Waals surface area contributed by atoms with Crippen molar-refractivity contribution in [2.75, 3.05) is 32.7 Å². The van der Waals surface area contributed by atoms with E-state index >= 15 is 0 Å². The number of aromatic nitrogens is 3. The van der Waals surface area contributed by atoms with Crippen LogP contribution in [0.5, 0.6) is 0 Å². The summed E-state index contributed by atoms with van der Waals surface area (Å²) in [5, 5.41) is 8.06. The summed E-state index contributed by atoms with van der Waals surface area (Å²) in [6.07, 6.45) is 8.92. The van der Waals surface area contributed by atoms with Crippen LogP contribution in [0, 0.1) is 0 Å². The molecular formula is C14H25N5. The lowest BCUT2D eigenvalue weighted by molar-refractivity contribution is 0.0788. The smallest absolute Gasteiger partial charge is 0.0693 e. The van der Waals surface area contributed by atoms with Gasteiger partial charge in [-0.2, -0.15) is 0 Å². The zero-order valence-corrected chi connectivity index (χ0v) is 11.9. The van der Waals surface area contributed by atoms with Gasteiger partial charge in [0.05, 0.1) is 12.2 Å². The molecule has 2 saturated heterocycles. The molecule has 0 radical (unpaired) electrons. The van der Waals surface area contributed by atoms with Gasteiger partial charge < -0.3 is 9.80 Å². The summed E-state index contributed by atoms with van der Waals surface area (Å²) in [7, 11) is 0. The molecule has 0 amide bonds. The Morgan fingerprint density at radius 1 is 1.00 bits per heavy atom. The first-order chi connectivity index (χ1) is 9.36. The first-order valence-corrected chi connectivity index (χ1v) is 7.69. The molecule has 0 atom stereocenters. The quantitative estimate of drug-likeness (QED) is 0.826. The second-order valence-electron chi connectivity index (χ2n) is 5.82. The highest BCUT2D eigenvalue weighted by atomic mass is 15.4. The van der Waals surface area contributed by atoms with Gasteiger partial charge in [-0.05, 0) is 45.3 Å². The lowest BCUT2D eigenvalue weighted by Crippen LogP contribution is -2.47. The molecule has 3 rings (SSSR count). The van der Waals surface area contributed by atoms with E-state index in [1.54, 1.807) is 6.20 Å². The standard InChI is InChI=1S/C14H25N5/c1-2-17-8-3-13(4-9-17)18-10-5-14(6-11-18)19-12-7-15-16-19/h7,12-14H,2-6,8-11H2,1H3. The van der Waals surface area contributed by atoms with Crippen molar-refractivity contribution in [3.8, 4) is 0 Å². The molecule has 2 aliphatic rings. The number of hydrogen-bond donors (Lipinski definition) is 0. The van der Waals surface area contributed by atoms with Crippen LogP contribution >= 0.6 is 0 Å². The zero-order valence-electron chi connectivity index (χ0n) is 11.9. The van der Waals surface area contributed by atoms with Gasteiger partial charge in [0.25, 0.3) is 0 Å². The topological polar surface area (TPSA) is 37.2 Å². The molecule has 3 heterocycles. The average molecular weight is 263 g/mol. The molecule has 0 bridgehead atoms. The molecule has 2 fully saturated rings. The Morgan fingerprint density at radius 3 is 2.26 bits per heavy atom. The largest absolute Gasteiger partial charge is 0.303 e. The molecule has 0 unspecified atom stereocenters. The third-order valence-electron chi connectivity index (χ3n) is 4.83. The zero-order chi connectivity index (χ0) is 13.1. The van der Waals surface area contributed by atoms with Crippen LogP contribution in [0.4, 0.5) is 0 Å². The Morgan fingerprint density at radius 2 is 1.68 bits per heavy atom. The van der Waals surface area contributed by atoms with Crippen LogP contribution in [0.1, 0.15) is 38.6 Å². The van der Waals surface area contributed by atoms with E-state index in [1.165, 1.54) is 58.4 Å². The Bertz CT molecular complexity index is 361. The monoisotopic (exact) mass is 263 g/mol. The van der Waals surface area contributed by atoms with Crippen molar-refractivity contribution in [2.45, 2.75) is 44.7 Å². The van der Waals surface area contributed by atoms with E-state index in [0.29, 0.717) is 6.04 Å². The highest BCUT2D eigenvalue weighted by Gasteiger charge is 2.28. The van der Waals surface area contributed by atoms with Crippen LogP contribution < -0.4 is 0 Å². The number of likely N-dealkylation sites (tertiary alicyclic amines) is 2. The summed E-state index contributed by atoms with van der Waals surface area (Å²) in [4.78, 5) is 5.28. The maximum absolute atomic E-state index is 4.14. The Balaban J connectivity index is 1.48. The lowest BCUT2D eigenvalue weighted by atomic mass is 9.98. The molecule has 0 aromatic carbocycles. The van der Waals surface area contributed by atoms with Crippen molar-refractivity contribution in [1.82, 2.24) is 24.8 Å². The second kappa shape index (κ2) is 6.01. The van der Waals surface area contributed by atoms with Crippen molar-refractivity contribution in [3.05, 3.63) is 12.4 Å². The maximum Gasteiger partial charge on any atom is 0.0693 e. The summed E-state index contributed by atoms with van der Waals surface area (Å²) in [5.74, 6) is 0. The summed E-state index contributed by atoms with van der Waals surface area (Å²) < 4.78 is 2.04.